The second kappa shape index (κ2) is 6.52. The fourth-order valence-corrected chi connectivity index (χ4v) is 2.33. The van der Waals surface area contributed by atoms with Crippen LogP contribution in [0.4, 0.5) is 4.39 Å². The van der Waals surface area contributed by atoms with Crippen molar-refractivity contribution < 1.29 is 23.4 Å². The van der Waals surface area contributed by atoms with E-state index in [-0.39, 0.29) is 13.2 Å². The second-order valence-electron chi connectivity index (χ2n) is 5.03. The van der Waals surface area contributed by atoms with Gasteiger partial charge in [0.25, 0.3) is 0 Å². The molecule has 0 N–H and O–H groups in total. The van der Waals surface area contributed by atoms with Crippen molar-refractivity contribution in [3.63, 3.8) is 0 Å². The standard InChI is InChI=1S/C18H15FO4/c1-21-16-7-6-15(19)9-13(16)10-23-18(20)14-8-12-4-2-3-5-17(12)22-11-14/h2-9H,10-11H2,1H3. The molecule has 0 atom stereocenters. The van der Waals surface area contributed by atoms with Gasteiger partial charge in [-0.1, -0.05) is 18.2 Å². The van der Waals surface area contributed by atoms with E-state index in [0.29, 0.717) is 16.9 Å². The number of esters is 1. The molecule has 1 aliphatic heterocycles. The number of methoxy groups -OCH3 is 1. The van der Waals surface area contributed by atoms with E-state index in [0.717, 1.165) is 11.3 Å². The molecular weight excluding hydrogens is 299 g/mol. The molecule has 2 aromatic carbocycles. The van der Waals surface area contributed by atoms with E-state index in [1.54, 1.807) is 6.08 Å². The Balaban J connectivity index is 1.71. The van der Waals surface area contributed by atoms with Crippen molar-refractivity contribution in [2.75, 3.05) is 13.7 Å². The van der Waals surface area contributed by atoms with Crippen LogP contribution in [0.15, 0.2) is 48.0 Å². The molecule has 0 aromatic heterocycles. The fourth-order valence-electron chi connectivity index (χ4n) is 2.33. The minimum Gasteiger partial charge on any atom is -0.496 e. The first kappa shape index (κ1) is 15.1. The Morgan fingerprint density at radius 2 is 2.09 bits per heavy atom. The SMILES string of the molecule is COc1ccc(F)cc1COC(=O)C1=Cc2ccccc2OC1. The number of rotatable bonds is 4. The van der Waals surface area contributed by atoms with E-state index in [4.69, 9.17) is 14.2 Å². The Morgan fingerprint density at radius 3 is 2.91 bits per heavy atom. The number of fused-ring (bicyclic) bond motifs is 1. The number of ether oxygens (including phenoxy) is 3. The van der Waals surface area contributed by atoms with Gasteiger partial charge >= 0.3 is 5.97 Å². The van der Waals surface area contributed by atoms with Crippen LogP contribution in [-0.4, -0.2) is 19.7 Å². The van der Waals surface area contributed by atoms with Gasteiger partial charge in [0, 0.05) is 11.1 Å². The van der Waals surface area contributed by atoms with Crippen molar-refractivity contribution in [3.05, 3.63) is 65.0 Å². The number of benzene rings is 2. The number of carbonyl (C=O) groups excluding carboxylic acids is 1. The summed E-state index contributed by atoms with van der Waals surface area (Å²) in [5.41, 5.74) is 1.71. The van der Waals surface area contributed by atoms with Crippen LogP contribution in [0.5, 0.6) is 11.5 Å². The summed E-state index contributed by atoms with van der Waals surface area (Å²) in [5, 5.41) is 0. The average molecular weight is 314 g/mol. The molecule has 0 saturated heterocycles. The summed E-state index contributed by atoms with van der Waals surface area (Å²) in [6.45, 7) is 0.0783. The second-order valence-corrected chi connectivity index (χ2v) is 5.03. The quantitative estimate of drug-likeness (QED) is 0.812. The lowest BCUT2D eigenvalue weighted by molar-refractivity contribution is -0.140. The summed E-state index contributed by atoms with van der Waals surface area (Å²) in [6.07, 6.45) is 1.74. The van der Waals surface area contributed by atoms with Crippen molar-refractivity contribution in [3.8, 4) is 11.5 Å². The van der Waals surface area contributed by atoms with Gasteiger partial charge in [-0.2, -0.15) is 0 Å². The highest BCUT2D eigenvalue weighted by Gasteiger charge is 2.18. The van der Waals surface area contributed by atoms with Gasteiger partial charge in [-0.3, -0.25) is 0 Å². The van der Waals surface area contributed by atoms with Gasteiger partial charge in [-0.25, -0.2) is 9.18 Å². The third-order valence-electron chi connectivity index (χ3n) is 3.50. The van der Waals surface area contributed by atoms with Gasteiger partial charge in [-0.05, 0) is 30.3 Å². The number of para-hydroxylation sites is 1. The largest absolute Gasteiger partial charge is 0.496 e. The van der Waals surface area contributed by atoms with Gasteiger partial charge in [0.05, 0.1) is 12.7 Å². The van der Waals surface area contributed by atoms with Crippen molar-refractivity contribution in [2.24, 2.45) is 0 Å². The first-order valence-electron chi connectivity index (χ1n) is 7.09. The smallest absolute Gasteiger partial charge is 0.337 e. The molecule has 0 aliphatic carbocycles. The zero-order valence-corrected chi connectivity index (χ0v) is 12.5. The Hall–Kier alpha value is -2.82. The highest BCUT2D eigenvalue weighted by Crippen LogP contribution is 2.26. The van der Waals surface area contributed by atoms with Crippen LogP contribution in [0.1, 0.15) is 11.1 Å². The van der Waals surface area contributed by atoms with Crippen molar-refractivity contribution >= 4 is 12.0 Å². The maximum absolute atomic E-state index is 13.3. The normalized spacial score (nSPS) is 12.7. The Bertz CT molecular complexity index is 767. The molecule has 23 heavy (non-hydrogen) atoms. The molecule has 2 aromatic rings. The molecule has 5 heteroatoms. The van der Waals surface area contributed by atoms with Crippen LogP contribution in [0.3, 0.4) is 0 Å². The third kappa shape index (κ3) is 3.34. The summed E-state index contributed by atoms with van der Waals surface area (Å²) in [5.74, 6) is 0.297. The van der Waals surface area contributed by atoms with Crippen LogP contribution >= 0.6 is 0 Å². The Morgan fingerprint density at radius 1 is 1.26 bits per heavy atom. The summed E-state index contributed by atoms with van der Waals surface area (Å²) < 4.78 is 29.2. The lowest BCUT2D eigenvalue weighted by Gasteiger charge is -2.17. The number of hydrogen-bond acceptors (Lipinski definition) is 4. The molecule has 118 valence electrons. The zero-order chi connectivity index (χ0) is 16.2. The minimum atomic E-state index is -0.495. The van der Waals surface area contributed by atoms with E-state index in [2.05, 4.69) is 0 Å². The predicted octanol–water partition coefficient (Wildman–Crippen LogP) is 3.35. The van der Waals surface area contributed by atoms with Gasteiger partial charge in [0.2, 0.25) is 0 Å². The summed E-state index contributed by atoms with van der Waals surface area (Å²) in [7, 11) is 1.48. The molecule has 0 unspecified atom stereocenters. The topological polar surface area (TPSA) is 44.8 Å². The summed E-state index contributed by atoms with van der Waals surface area (Å²) in [6, 6.07) is 11.5. The highest BCUT2D eigenvalue weighted by molar-refractivity contribution is 5.95. The Labute approximate surface area is 133 Å². The van der Waals surface area contributed by atoms with E-state index < -0.39 is 11.8 Å². The van der Waals surface area contributed by atoms with Crippen molar-refractivity contribution in [1.29, 1.82) is 0 Å². The minimum absolute atomic E-state index is 0.0707. The molecule has 4 nitrogen and oxygen atoms in total. The van der Waals surface area contributed by atoms with E-state index >= 15 is 0 Å². The molecule has 0 amide bonds. The molecule has 0 fully saturated rings. The van der Waals surface area contributed by atoms with E-state index in [9.17, 15) is 9.18 Å². The average Bonchev–Trinajstić information content (AvgIpc) is 2.59. The molecule has 0 radical (unpaired) electrons. The van der Waals surface area contributed by atoms with Crippen LogP contribution < -0.4 is 9.47 Å². The number of hydrogen-bond donors (Lipinski definition) is 0. The van der Waals surface area contributed by atoms with E-state index in [1.165, 1.54) is 25.3 Å². The van der Waals surface area contributed by atoms with Gasteiger partial charge < -0.3 is 14.2 Å². The van der Waals surface area contributed by atoms with Crippen LogP contribution in [0.25, 0.3) is 6.08 Å². The maximum atomic E-state index is 13.3. The first-order chi connectivity index (χ1) is 11.2. The highest BCUT2D eigenvalue weighted by atomic mass is 19.1. The summed E-state index contributed by atoms with van der Waals surface area (Å²) in [4.78, 5) is 12.2. The monoisotopic (exact) mass is 314 g/mol. The summed E-state index contributed by atoms with van der Waals surface area (Å²) >= 11 is 0. The molecule has 0 bridgehead atoms. The first-order valence-corrected chi connectivity index (χ1v) is 7.09. The van der Waals surface area contributed by atoms with Crippen LogP contribution in [-0.2, 0) is 16.1 Å². The van der Waals surface area contributed by atoms with Crippen molar-refractivity contribution in [2.45, 2.75) is 6.61 Å². The lowest BCUT2D eigenvalue weighted by Crippen LogP contribution is -2.17. The number of carbonyl (C=O) groups is 1. The lowest BCUT2D eigenvalue weighted by atomic mass is 10.1. The third-order valence-corrected chi connectivity index (χ3v) is 3.50. The maximum Gasteiger partial charge on any atom is 0.337 e. The number of halogens is 1. The Kier molecular flexibility index (Phi) is 4.28. The van der Waals surface area contributed by atoms with Crippen molar-refractivity contribution in [1.82, 2.24) is 0 Å². The molecule has 1 aliphatic rings. The molecule has 1 heterocycles. The molecule has 0 saturated carbocycles. The molecule has 0 spiro atoms. The zero-order valence-electron chi connectivity index (χ0n) is 12.5. The van der Waals surface area contributed by atoms with Gasteiger partial charge in [0.1, 0.15) is 30.5 Å². The van der Waals surface area contributed by atoms with E-state index in [1.807, 2.05) is 24.3 Å². The van der Waals surface area contributed by atoms with Gasteiger partial charge in [-0.15, -0.1) is 0 Å². The predicted molar refractivity (Wildman–Crippen MR) is 82.7 cm³/mol. The fraction of sp³-hybridized carbons (Fsp3) is 0.167. The molecular formula is C18H15FO4. The van der Waals surface area contributed by atoms with Crippen LogP contribution in [0, 0.1) is 5.82 Å². The van der Waals surface area contributed by atoms with Crippen LogP contribution in [0.2, 0.25) is 0 Å². The van der Waals surface area contributed by atoms with Gasteiger partial charge in [0.15, 0.2) is 0 Å². The molecule has 3 rings (SSSR count).